The molecular formula is C22H17N3O5S. The molecule has 0 fully saturated rings. The molecule has 8 nitrogen and oxygen atoms in total. The van der Waals surface area contributed by atoms with Crippen LogP contribution in [0, 0.1) is 0 Å². The highest BCUT2D eigenvalue weighted by molar-refractivity contribution is 7.22. The minimum absolute atomic E-state index is 0.334. The molecule has 156 valence electrons. The number of carbonyl (C=O) groups excluding carboxylic acids is 2. The fourth-order valence-corrected chi connectivity index (χ4v) is 3.72. The normalized spacial score (nSPS) is 11.0. The van der Waals surface area contributed by atoms with E-state index in [1.807, 2.05) is 12.1 Å². The van der Waals surface area contributed by atoms with Crippen molar-refractivity contribution in [3.63, 3.8) is 0 Å². The molecule has 1 amide bonds. The average Bonchev–Trinajstić information content (AvgIpc) is 3.48. The first-order chi connectivity index (χ1) is 15.1. The van der Waals surface area contributed by atoms with Crippen LogP contribution in [0.4, 0.5) is 5.13 Å². The van der Waals surface area contributed by atoms with E-state index in [1.54, 1.807) is 37.4 Å². The summed E-state index contributed by atoms with van der Waals surface area (Å²) in [6.45, 7) is 0. The number of benzene rings is 2. The van der Waals surface area contributed by atoms with Crippen molar-refractivity contribution >= 4 is 44.8 Å². The minimum atomic E-state index is -0.480. The number of hydrazone groups is 1. The van der Waals surface area contributed by atoms with Crippen molar-refractivity contribution in [2.75, 3.05) is 19.2 Å². The molecule has 0 saturated carbocycles. The Kier molecular flexibility index (Phi) is 5.76. The molecule has 0 N–H and O–H groups in total. The smallest absolute Gasteiger partial charge is 0.337 e. The minimum Gasteiger partial charge on any atom is -0.497 e. The second kappa shape index (κ2) is 8.80. The highest BCUT2D eigenvalue weighted by atomic mass is 32.1. The van der Waals surface area contributed by atoms with Gasteiger partial charge in [-0.15, -0.1) is 0 Å². The summed E-state index contributed by atoms with van der Waals surface area (Å²) >= 11 is 1.30. The van der Waals surface area contributed by atoms with Gasteiger partial charge in [-0.05, 0) is 54.6 Å². The summed E-state index contributed by atoms with van der Waals surface area (Å²) in [6, 6.07) is 15.0. The summed E-state index contributed by atoms with van der Waals surface area (Å²) < 4.78 is 16.1. The molecule has 0 aliphatic rings. The van der Waals surface area contributed by atoms with E-state index in [2.05, 4.69) is 10.1 Å². The van der Waals surface area contributed by atoms with Gasteiger partial charge in [-0.25, -0.2) is 9.78 Å². The number of amides is 1. The van der Waals surface area contributed by atoms with Crippen molar-refractivity contribution < 1.29 is 23.5 Å². The first-order valence-corrected chi connectivity index (χ1v) is 9.95. The fraction of sp³-hybridized carbons (Fsp3) is 0.0909. The lowest BCUT2D eigenvalue weighted by molar-refractivity contribution is 0.0600. The van der Waals surface area contributed by atoms with Gasteiger partial charge in [0.2, 0.25) is 5.13 Å². The van der Waals surface area contributed by atoms with E-state index in [4.69, 9.17) is 13.9 Å². The number of esters is 1. The van der Waals surface area contributed by atoms with E-state index in [1.165, 1.54) is 48.1 Å². The van der Waals surface area contributed by atoms with E-state index in [9.17, 15) is 9.59 Å². The van der Waals surface area contributed by atoms with Gasteiger partial charge in [0.05, 0.1) is 42.5 Å². The number of ether oxygens (including phenoxy) is 2. The SMILES string of the molecule is COC(=O)c1ccc(C(=O)N(/N=C/c2ccco2)c2nc3ccc(OC)cc3s2)cc1. The lowest BCUT2D eigenvalue weighted by atomic mass is 10.1. The summed E-state index contributed by atoms with van der Waals surface area (Å²) in [5.74, 6) is 0.289. The standard InChI is InChI=1S/C22H17N3O5S/c1-28-16-9-10-18-19(12-16)31-22(24-18)25(23-13-17-4-3-11-30-17)20(26)14-5-7-15(8-6-14)21(27)29-2/h3-13H,1-2H3/b23-13+. The maximum absolute atomic E-state index is 13.3. The third-order valence-electron chi connectivity index (χ3n) is 4.35. The van der Waals surface area contributed by atoms with Crippen molar-refractivity contribution in [3.8, 4) is 5.75 Å². The fourth-order valence-electron chi connectivity index (χ4n) is 2.77. The molecule has 0 aliphatic carbocycles. The molecule has 4 rings (SSSR count). The van der Waals surface area contributed by atoms with E-state index in [0.717, 1.165) is 4.70 Å². The van der Waals surface area contributed by atoms with Crippen LogP contribution in [0.1, 0.15) is 26.5 Å². The average molecular weight is 435 g/mol. The summed E-state index contributed by atoms with van der Waals surface area (Å²) in [7, 11) is 2.89. The van der Waals surface area contributed by atoms with Crippen LogP contribution in [0.2, 0.25) is 0 Å². The van der Waals surface area contributed by atoms with Crippen LogP contribution >= 0.6 is 11.3 Å². The molecule has 31 heavy (non-hydrogen) atoms. The summed E-state index contributed by atoms with van der Waals surface area (Å²) in [6.07, 6.45) is 2.95. The molecule has 0 saturated heterocycles. The van der Waals surface area contributed by atoms with E-state index >= 15 is 0 Å². The highest BCUT2D eigenvalue weighted by Crippen LogP contribution is 2.32. The predicted octanol–water partition coefficient (Wildman–Crippen LogP) is 4.37. The number of hydrogen-bond acceptors (Lipinski definition) is 8. The Hall–Kier alpha value is -3.98. The van der Waals surface area contributed by atoms with Crippen LogP contribution in [0.15, 0.2) is 70.4 Å². The van der Waals surface area contributed by atoms with Gasteiger partial charge in [0.15, 0.2) is 0 Å². The number of nitrogens with zero attached hydrogens (tertiary/aromatic N) is 3. The molecule has 9 heteroatoms. The van der Waals surface area contributed by atoms with Gasteiger partial charge in [-0.1, -0.05) is 11.3 Å². The number of methoxy groups -OCH3 is 2. The Bertz CT molecular complexity index is 1250. The molecule has 0 radical (unpaired) electrons. The van der Waals surface area contributed by atoms with Crippen molar-refractivity contribution in [2.45, 2.75) is 0 Å². The number of aromatic nitrogens is 1. The predicted molar refractivity (Wildman–Crippen MR) is 117 cm³/mol. The summed E-state index contributed by atoms with van der Waals surface area (Å²) in [4.78, 5) is 29.5. The van der Waals surface area contributed by atoms with Crippen LogP contribution in [-0.2, 0) is 4.74 Å². The molecule has 0 aliphatic heterocycles. The van der Waals surface area contributed by atoms with Crippen LogP contribution < -0.4 is 9.75 Å². The molecule has 0 unspecified atom stereocenters. The van der Waals surface area contributed by atoms with Gasteiger partial charge in [0.1, 0.15) is 11.5 Å². The molecule has 2 aromatic carbocycles. The second-order valence-corrected chi connectivity index (χ2v) is 7.29. The van der Waals surface area contributed by atoms with Gasteiger partial charge >= 0.3 is 5.97 Å². The largest absolute Gasteiger partial charge is 0.497 e. The van der Waals surface area contributed by atoms with Gasteiger partial charge in [-0.2, -0.15) is 10.1 Å². The first kappa shape index (κ1) is 20.3. The van der Waals surface area contributed by atoms with Crippen LogP contribution in [0.25, 0.3) is 10.2 Å². The van der Waals surface area contributed by atoms with E-state index < -0.39 is 11.9 Å². The molecular weight excluding hydrogens is 418 g/mol. The van der Waals surface area contributed by atoms with Gasteiger partial charge < -0.3 is 13.9 Å². The number of furan rings is 1. The Morgan fingerprint density at radius 1 is 1.10 bits per heavy atom. The molecule has 0 atom stereocenters. The maximum Gasteiger partial charge on any atom is 0.337 e. The molecule has 0 spiro atoms. The quantitative estimate of drug-likeness (QED) is 0.254. The molecule has 0 bridgehead atoms. The second-order valence-electron chi connectivity index (χ2n) is 6.28. The number of rotatable bonds is 6. The van der Waals surface area contributed by atoms with E-state index in [0.29, 0.717) is 33.3 Å². The zero-order valence-corrected chi connectivity index (χ0v) is 17.5. The zero-order valence-electron chi connectivity index (χ0n) is 16.6. The molecule has 2 aromatic heterocycles. The summed E-state index contributed by atoms with van der Waals surface area (Å²) in [5.41, 5.74) is 1.39. The topological polar surface area (TPSA) is 94.2 Å². The number of fused-ring (bicyclic) bond motifs is 1. The van der Waals surface area contributed by atoms with Crippen molar-refractivity contribution in [1.82, 2.24) is 4.98 Å². The van der Waals surface area contributed by atoms with Gasteiger partial charge in [0.25, 0.3) is 5.91 Å². The zero-order chi connectivity index (χ0) is 21.8. The van der Waals surface area contributed by atoms with Crippen LogP contribution in [0.3, 0.4) is 0 Å². The maximum atomic E-state index is 13.3. The van der Waals surface area contributed by atoms with Crippen LogP contribution in [-0.4, -0.2) is 37.3 Å². The van der Waals surface area contributed by atoms with Crippen molar-refractivity contribution in [3.05, 3.63) is 77.7 Å². The number of thiazole rings is 1. The Morgan fingerprint density at radius 2 is 1.87 bits per heavy atom. The van der Waals surface area contributed by atoms with Crippen LogP contribution in [0.5, 0.6) is 5.75 Å². The Morgan fingerprint density at radius 3 is 2.55 bits per heavy atom. The highest BCUT2D eigenvalue weighted by Gasteiger charge is 2.22. The van der Waals surface area contributed by atoms with Gasteiger partial charge in [-0.3, -0.25) is 4.79 Å². The lowest BCUT2D eigenvalue weighted by Gasteiger charge is -2.13. The monoisotopic (exact) mass is 435 g/mol. The molecule has 2 heterocycles. The molecule has 4 aromatic rings. The van der Waals surface area contributed by atoms with E-state index in [-0.39, 0.29) is 0 Å². The van der Waals surface area contributed by atoms with Crippen molar-refractivity contribution in [1.29, 1.82) is 0 Å². The van der Waals surface area contributed by atoms with Crippen molar-refractivity contribution in [2.24, 2.45) is 5.10 Å². The number of anilines is 1. The third-order valence-corrected chi connectivity index (χ3v) is 5.35. The lowest BCUT2D eigenvalue weighted by Crippen LogP contribution is -2.25. The third kappa shape index (κ3) is 4.31. The number of carbonyl (C=O) groups is 2. The summed E-state index contributed by atoms with van der Waals surface area (Å²) in [5, 5.41) is 5.90. The number of hydrogen-bond donors (Lipinski definition) is 0. The Labute approximate surface area is 181 Å². The van der Waals surface area contributed by atoms with Gasteiger partial charge in [0, 0.05) is 5.56 Å². The first-order valence-electron chi connectivity index (χ1n) is 9.14. The Balaban J connectivity index is 1.72.